The topological polar surface area (TPSA) is 26.0 Å². The van der Waals surface area contributed by atoms with E-state index in [2.05, 4.69) is 47.1 Å². The molecule has 0 aliphatic rings. The van der Waals surface area contributed by atoms with Gasteiger partial charge in [-0.05, 0) is 48.2 Å². The lowest BCUT2D eigenvalue weighted by atomic mass is 10.1. The average molecular weight is 385 g/mol. The molecule has 0 bridgehead atoms. The van der Waals surface area contributed by atoms with Crippen LogP contribution in [0.3, 0.4) is 0 Å². The SMILES string of the molecule is CCC(N)Cc1cc(Br)ccc1SCc1ccccc1Cl. The molecule has 0 aromatic heterocycles. The number of benzene rings is 2. The Morgan fingerprint density at radius 2 is 1.95 bits per heavy atom. The number of thioether (sulfide) groups is 1. The summed E-state index contributed by atoms with van der Waals surface area (Å²) in [4.78, 5) is 1.28. The summed E-state index contributed by atoms with van der Waals surface area (Å²) in [6.45, 7) is 2.12. The van der Waals surface area contributed by atoms with Gasteiger partial charge in [-0.2, -0.15) is 0 Å². The van der Waals surface area contributed by atoms with Gasteiger partial charge in [-0.15, -0.1) is 11.8 Å². The lowest BCUT2D eigenvalue weighted by Crippen LogP contribution is -2.21. The van der Waals surface area contributed by atoms with Crippen LogP contribution in [0.15, 0.2) is 51.8 Å². The molecule has 2 N–H and O–H groups in total. The van der Waals surface area contributed by atoms with E-state index < -0.39 is 0 Å². The molecular formula is C17H19BrClNS. The number of hydrogen-bond acceptors (Lipinski definition) is 2. The van der Waals surface area contributed by atoms with Crippen LogP contribution in [-0.2, 0) is 12.2 Å². The van der Waals surface area contributed by atoms with Gasteiger partial charge in [-0.25, -0.2) is 0 Å². The molecule has 2 aromatic rings. The summed E-state index contributed by atoms with van der Waals surface area (Å²) in [5.41, 5.74) is 8.58. The third-order valence-electron chi connectivity index (χ3n) is 3.37. The fourth-order valence-electron chi connectivity index (χ4n) is 2.05. The fourth-order valence-corrected chi connectivity index (χ4v) is 3.79. The fraction of sp³-hybridized carbons (Fsp3) is 0.294. The Balaban J connectivity index is 2.14. The number of rotatable bonds is 6. The zero-order chi connectivity index (χ0) is 15.2. The minimum absolute atomic E-state index is 0.207. The molecular weight excluding hydrogens is 366 g/mol. The molecule has 2 aromatic carbocycles. The highest BCUT2D eigenvalue weighted by atomic mass is 79.9. The van der Waals surface area contributed by atoms with Crippen molar-refractivity contribution >= 4 is 39.3 Å². The summed E-state index contributed by atoms with van der Waals surface area (Å²) in [6.07, 6.45) is 1.89. The molecule has 0 fully saturated rings. The van der Waals surface area contributed by atoms with Crippen LogP contribution in [0.2, 0.25) is 5.02 Å². The molecule has 1 unspecified atom stereocenters. The van der Waals surface area contributed by atoms with E-state index in [0.717, 1.165) is 33.7 Å². The maximum Gasteiger partial charge on any atom is 0.0446 e. The Labute approximate surface area is 144 Å². The molecule has 0 radical (unpaired) electrons. The van der Waals surface area contributed by atoms with Gasteiger partial charge in [0.05, 0.1) is 0 Å². The van der Waals surface area contributed by atoms with Crippen LogP contribution >= 0.6 is 39.3 Å². The van der Waals surface area contributed by atoms with Gasteiger partial charge >= 0.3 is 0 Å². The van der Waals surface area contributed by atoms with Crippen LogP contribution < -0.4 is 5.73 Å². The van der Waals surface area contributed by atoms with Crippen molar-refractivity contribution in [2.24, 2.45) is 5.73 Å². The second-order valence-corrected chi connectivity index (χ2v) is 7.34. The van der Waals surface area contributed by atoms with Gasteiger partial charge in [-0.3, -0.25) is 0 Å². The lowest BCUT2D eigenvalue weighted by molar-refractivity contribution is 0.641. The monoisotopic (exact) mass is 383 g/mol. The third kappa shape index (κ3) is 5.03. The summed E-state index contributed by atoms with van der Waals surface area (Å²) in [7, 11) is 0. The van der Waals surface area contributed by atoms with Gasteiger partial charge in [0.15, 0.2) is 0 Å². The summed E-state index contributed by atoms with van der Waals surface area (Å²) >= 11 is 11.6. The molecule has 4 heteroatoms. The Bertz CT molecular complexity index is 603. The standard InChI is InChI=1S/C17H19BrClNS/c1-2-15(20)10-13-9-14(18)7-8-17(13)21-11-12-5-3-4-6-16(12)19/h3-9,15H,2,10-11,20H2,1H3. The van der Waals surface area contributed by atoms with Crippen LogP contribution in [0.5, 0.6) is 0 Å². The predicted molar refractivity (Wildman–Crippen MR) is 97.1 cm³/mol. The van der Waals surface area contributed by atoms with Crippen molar-refractivity contribution in [3.8, 4) is 0 Å². The normalized spacial score (nSPS) is 12.4. The van der Waals surface area contributed by atoms with Crippen LogP contribution in [0.1, 0.15) is 24.5 Å². The first kappa shape index (κ1) is 16.9. The Morgan fingerprint density at radius 3 is 2.67 bits per heavy atom. The van der Waals surface area contributed by atoms with Gasteiger partial charge < -0.3 is 5.73 Å². The first-order valence-corrected chi connectivity index (χ1v) is 9.16. The summed E-state index contributed by atoms with van der Waals surface area (Å²) in [5.74, 6) is 0.871. The van der Waals surface area contributed by atoms with Crippen LogP contribution in [-0.4, -0.2) is 6.04 Å². The Morgan fingerprint density at radius 1 is 1.19 bits per heavy atom. The van der Waals surface area contributed by atoms with Gasteiger partial charge in [0, 0.05) is 26.2 Å². The molecule has 0 saturated heterocycles. The highest BCUT2D eigenvalue weighted by Crippen LogP contribution is 2.31. The van der Waals surface area contributed by atoms with Crippen molar-refractivity contribution in [3.05, 3.63) is 63.1 Å². The molecule has 0 amide bonds. The van der Waals surface area contributed by atoms with E-state index in [1.54, 1.807) is 0 Å². The highest BCUT2D eigenvalue weighted by Gasteiger charge is 2.09. The van der Waals surface area contributed by atoms with Crippen LogP contribution in [0, 0.1) is 0 Å². The first-order valence-electron chi connectivity index (χ1n) is 7.00. The molecule has 0 aliphatic heterocycles. The van der Waals surface area contributed by atoms with Crippen molar-refractivity contribution < 1.29 is 0 Å². The molecule has 0 heterocycles. The van der Waals surface area contributed by atoms with Gasteiger partial charge in [0.25, 0.3) is 0 Å². The molecule has 2 rings (SSSR count). The lowest BCUT2D eigenvalue weighted by Gasteiger charge is -2.14. The van der Waals surface area contributed by atoms with E-state index in [1.165, 1.54) is 10.5 Å². The van der Waals surface area contributed by atoms with E-state index in [1.807, 2.05) is 30.0 Å². The molecule has 0 saturated carbocycles. The van der Waals surface area contributed by atoms with E-state index in [0.29, 0.717) is 0 Å². The predicted octanol–water partition coefficient (Wildman–Crippen LogP) is 5.67. The zero-order valence-corrected chi connectivity index (χ0v) is 15.1. The van der Waals surface area contributed by atoms with Crippen molar-refractivity contribution in [1.82, 2.24) is 0 Å². The molecule has 1 atom stereocenters. The van der Waals surface area contributed by atoms with E-state index in [9.17, 15) is 0 Å². The van der Waals surface area contributed by atoms with Gasteiger partial charge in [0.1, 0.15) is 0 Å². The van der Waals surface area contributed by atoms with Crippen molar-refractivity contribution in [1.29, 1.82) is 0 Å². The maximum atomic E-state index is 6.22. The molecule has 112 valence electrons. The zero-order valence-electron chi connectivity index (χ0n) is 12.0. The van der Waals surface area contributed by atoms with Gasteiger partial charge in [0.2, 0.25) is 0 Å². The van der Waals surface area contributed by atoms with Crippen LogP contribution in [0.4, 0.5) is 0 Å². The highest BCUT2D eigenvalue weighted by molar-refractivity contribution is 9.10. The van der Waals surface area contributed by atoms with Crippen molar-refractivity contribution in [2.75, 3.05) is 0 Å². The largest absolute Gasteiger partial charge is 0.327 e. The summed E-state index contributed by atoms with van der Waals surface area (Å²) in [6, 6.07) is 14.6. The van der Waals surface area contributed by atoms with Crippen LogP contribution in [0.25, 0.3) is 0 Å². The second kappa shape index (κ2) is 8.23. The third-order valence-corrected chi connectivity index (χ3v) is 5.40. The summed E-state index contributed by atoms with van der Waals surface area (Å²) < 4.78 is 1.10. The molecule has 0 spiro atoms. The second-order valence-electron chi connectivity index (χ2n) is 5.00. The van der Waals surface area contributed by atoms with E-state index in [4.69, 9.17) is 17.3 Å². The number of halogens is 2. The number of nitrogens with two attached hydrogens (primary N) is 1. The Kier molecular flexibility index (Phi) is 6.62. The average Bonchev–Trinajstić information content (AvgIpc) is 2.48. The molecule has 21 heavy (non-hydrogen) atoms. The molecule has 1 nitrogen and oxygen atoms in total. The number of hydrogen-bond donors (Lipinski definition) is 1. The first-order chi connectivity index (χ1) is 10.1. The van der Waals surface area contributed by atoms with Gasteiger partial charge in [-0.1, -0.05) is 52.7 Å². The smallest absolute Gasteiger partial charge is 0.0446 e. The van der Waals surface area contributed by atoms with Crippen molar-refractivity contribution in [2.45, 2.75) is 36.5 Å². The van der Waals surface area contributed by atoms with E-state index in [-0.39, 0.29) is 6.04 Å². The summed E-state index contributed by atoms with van der Waals surface area (Å²) in [5, 5.41) is 0.828. The quantitative estimate of drug-likeness (QED) is 0.649. The van der Waals surface area contributed by atoms with Crippen molar-refractivity contribution in [3.63, 3.8) is 0 Å². The molecule has 0 aliphatic carbocycles. The minimum Gasteiger partial charge on any atom is -0.327 e. The van der Waals surface area contributed by atoms with E-state index >= 15 is 0 Å². The maximum absolute atomic E-state index is 6.22. The Hall–Kier alpha value is -0.480. The minimum atomic E-state index is 0.207.